The van der Waals surface area contributed by atoms with E-state index in [9.17, 15) is 10.1 Å². The van der Waals surface area contributed by atoms with Gasteiger partial charge in [0.05, 0.1) is 12.6 Å². The van der Waals surface area contributed by atoms with Gasteiger partial charge >= 0.3 is 5.82 Å². The van der Waals surface area contributed by atoms with Crippen molar-refractivity contribution in [1.29, 1.82) is 0 Å². The predicted octanol–water partition coefficient (Wildman–Crippen LogP) is 2.13. The average molecular weight is 314 g/mol. The topological polar surface area (TPSA) is 113 Å². The number of nitro groups is 1. The van der Waals surface area contributed by atoms with Crippen LogP contribution in [0, 0.1) is 10.1 Å². The highest BCUT2D eigenvalue weighted by molar-refractivity contribution is 5.85. The molecule has 0 radical (unpaired) electrons. The SMILES string of the molecule is Cl.Cn1c(-c2nc(C3(N)CCCC3)no2)ccc1[N+](=O)[O-]. The Kier molecular flexibility index (Phi) is 4.02. The molecule has 0 atom stereocenters. The molecule has 0 amide bonds. The van der Waals surface area contributed by atoms with Gasteiger partial charge in [0.2, 0.25) is 0 Å². The molecule has 0 aliphatic heterocycles. The molecule has 1 saturated carbocycles. The molecule has 9 heteroatoms. The summed E-state index contributed by atoms with van der Waals surface area (Å²) in [6.07, 6.45) is 3.77. The third-order valence-corrected chi connectivity index (χ3v) is 3.87. The first-order valence-electron chi connectivity index (χ1n) is 6.45. The molecule has 2 N–H and O–H groups in total. The van der Waals surface area contributed by atoms with Gasteiger partial charge in [0.1, 0.15) is 0 Å². The first kappa shape index (κ1) is 15.5. The van der Waals surface area contributed by atoms with E-state index >= 15 is 0 Å². The molecule has 3 rings (SSSR count). The van der Waals surface area contributed by atoms with Gasteiger partial charge < -0.3 is 20.4 Å². The molecule has 0 spiro atoms. The fourth-order valence-corrected chi connectivity index (χ4v) is 2.66. The van der Waals surface area contributed by atoms with E-state index in [0.717, 1.165) is 25.7 Å². The highest BCUT2D eigenvalue weighted by Gasteiger charge is 2.36. The van der Waals surface area contributed by atoms with E-state index in [4.69, 9.17) is 10.3 Å². The van der Waals surface area contributed by atoms with E-state index in [0.29, 0.717) is 11.5 Å². The van der Waals surface area contributed by atoms with Crippen LogP contribution in [0.4, 0.5) is 5.82 Å². The van der Waals surface area contributed by atoms with E-state index in [1.165, 1.54) is 10.6 Å². The molecular weight excluding hydrogens is 298 g/mol. The quantitative estimate of drug-likeness (QED) is 0.686. The normalized spacial score (nSPS) is 16.7. The van der Waals surface area contributed by atoms with Crippen molar-refractivity contribution in [2.24, 2.45) is 12.8 Å². The lowest BCUT2D eigenvalue weighted by atomic mass is 9.99. The maximum absolute atomic E-state index is 10.8. The molecular formula is C12H16ClN5O3. The summed E-state index contributed by atoms with van der Waals surface area (Å²) in [7, 11) is 1.59. The number of rotatable bonds is 3. The molecule has 8 nitrogen and oxygen atoms in total. The van der Waals surface area contributed by atoms with Crippen molar-refractivity contribution in [3.05, 3.63) is 28.1 Å². The Morgan fingerprint density at radius 1 is 1.43 bits per heavy atom. The van der Waals surface area contributed by atoms with E-state index in [1.54, 1.807) is 13.1 Å². The van der Waals surface area contributed by atoms with Crippen LogP contribution in [0.25, 0.3) is 11.6 Å². The standard InChI is InChI=1S/C12H15N5O3.ClH/c1-16-8(4-5-9(16)17(18)19)10-14-11(15-20-10)12(13)6-2-3-7-12;/h4-5H,2-3,6-7,13H2,1H3;1H. The number of aromatic nitrogens is 3. The Morgan fingerprint density at radius 3 is 2.67 bits per heavy atom. The van der Waals surface area contributed by atoms with Gasteiger partial charge in [-0.1, -0.05) is 18.0 Å². The van der Waals surface area contributed by atoms with E-state index in [2.05, 4.69) is 10.1 Å². The summed E-state index contributed by atoms with van der Waals surface area (Å²) in [6.45, 7) is 0. The maximum atomic E-state index is 10.8. The number of nitrogens with two attached hydrogens (primary N) is 1. The molecule has 2 heterocycles. The Morgan fingerprint density at radius 2 is 2.10 bits per heavy atom. The predicted molar refractivity (Wildman–Crippen MR) is 76.9 cm³/mol. The number of hydrogen-bond donors (Lipinski definition) is 1. The lowest BCUT2D eigenvalue weighted by Gasteiger charge is -2.17. The first-order valence-corrected chi connectivity index (χ1v) is 6.45. The van der Waals surface area contributed by atoms with E-state index < -0.39 is 10.5 Å². The smallest absolute Gasteiger partial charge is 0.323 e. The van der Waals surface area contributed by atoms with Crippen molar-refractivity contribution in [3.63, 3.8) is 0 Å². The maximum Gasteiger partial charge on any atom is 0.323 e. The average Bonchev–Trinajstić information content (AvgIpc) is 3.07. The summed E-state index contributed by atoms with van der Waals surface area (Å²) in [5.41, 5.74) is 6.25. The van der Waals surface area contributed by atoms with Gasteiger partial charge in [-0.3, -0.25) is 0 Å². The Bertz CT molecular complexity index is 660. The highest BCUT2D eigenvalue weighted by atomic mass is 35.5. The minimum absolute atomic E-state index is 0. The second kappa shape index (κ2) is 5.45. The summed E-state index contributed by atoms with van der Waals surface area (Å²) < 4.78 is 6.63. The number of nitrogens with zero attached hydrogens (tertiary/aromatic N) is 4. The zero-order valence-corrected chi connectivity index (χ0v) is 12.3. The molecule has 0 aromatic carbocycles. The lowest BCUT2D eigenvalue weighted by molar-refractivity contribution is -0.391. The third-order valence-electron chi connectivity index (χ3n) is 3.87. The van der Waals surface area contributed by atoms with Crippen LogP contribution in [0.1, 0.15) is 31.5 Å². The van der Waals surface area contributed by atoms with Crippen molar-refractivity contribution in [2.75, 3.05) is 0 Å². The fraction of sp³-hybridized carbons (Fsp3) is 0.500. The van der Waals surface area contributed by atoms with Crippen LogP contribution in [-0.4, -0.2) is 19.6 Å². The largest absolute Gasteiger partial charge is 0.358 e. The van der Waals surface area contributed by atoms with Gasteiger partial charge in [-0.15, -0.1) is 12.4 Å². The van der Waals surface area contributed by atoms with Crippen molar-refractivity contribution in [3.8, 4) is 11.6 Å². The van der Waals surface area contributed by atoms with Gasteiger partial charge in [-0.25, -0.2) is 4.57 Å². The van der Waals surface area contributed by atoms with Crippen LogP contribution in [0.2, 0.25) is 0 Å². The second-order valence-corrected chi connectivity index (χ2v) is 5.18. The number of halogens is 1. The molecule has 2 aromatic heterocycles. The van der Waals surface area contributed by atoms with Gasteiger partial charge in [0.25, 0.3) is 5.89 Å². The highest BCUT2D eigenvalue weighted by Crippen LogP contribution is 2.35. The molecule has 21 heavy (non-hydrogen) atoms. The second-order valence-electron chi connectivity index (χ2n) is 5.18. The van der Waals surface area contributed by atoms with Gasteiger partial charge in [0.15, 0.2) is 11.5 Å². The monoisotopic (exact) mass is 313 g/mol. The Balaban J connectivity index is 0.00000161. The zero-order chi connectivity index (χ0) is 14.3. The van der Waals surface area contributed by atoms with Crippen LogP contribution >= 0.6 is 12.4 Å². The minimum Gasteiger partial charge on any atom is -0.358 e. The zero-order valence-electron chi connectivity index (χ0n) is 11.5. The molecule has 0 saturated heterocycles. The van der Waals surface area contributed by atoms with Crippen molar-refractivity contribution in [1.82, 2.24) is 14.7 Å². The van der Waals surface area contributed by atoms with E-state index in [1.807, 2.05) is 0 Å². The molecule has 1 aliphatic rings. The van der Waals surface area contributed by atoms with Crippen molar-refractivity contribution >= 4 is 18.2 Å². The third kappa shape index (κ3) is 2.52. The molecule has 2 aromatic rings. The summed E-state index contributed by atoms with van der Waals surface area (Å²) in [6, 6.07) is 3.00. The van der Waals surface area contributed by atoms with Crippen molar-refractivity contribution in [2.45, 2.75) is 31.2 Å². The molecule has 114 valence electrons. The molecule has 1 fully saturated rings. The molecule has 0 bridgehead atoms. The van der Waals surface area contributed by atoms with Gasteiger partial charge in [0, 0.05) is 6.07 Å². The lowest BCUT2D eigenvalue weighted by Crippen LogP contribution is -2.34. The summed E-state index contributed by atoms with van der Waals surface area (Å²) in [5.74, 6) is 0.712. The Labute approximate surface area is 126 Å². The Hall–Kier alpha value is -1.93. The first-order chi connectivity index (χ1) is 9.51. The van der Waals surface area contributed by atoms with Gasteiger partial charge in [-0.2, -0.15) is 4.98 Å². The van der Waals surface area contributed by atoms with Crippen molar-refractivity contribution < 1.29 is 9.45 Å². The number of hydrogen-bond acceptors (Lipinski definition) is 6. The van der Waals surface area contributed by atoms with Gasteiger partial charge in [-0.05, 0) is 23.8 Å². The van der Waals surface area contributed by atoms with Crippen LogP contribution in [0.3, 0.4) is 0 Å². The summed E-state index contributed by atoms with van der Waals surface area (Å²) in [4.78, 5) is 14.7. The van der Waals surface area contributed by atoms with Crippen LogP contribution in [0.5, 0.6) is 0 Å². The van der Waals surface area contributed by atoms with Crippen LogP contribution in [0.15, 0.2) is 16.7 Å². The van der Waals surface area contributed by atoms with Crippen LogP contribution in [-0.2, 0) is 12.6 Å². The molecule has 0 unspecified atom stereocenters. The van der Waals surface area contributed by atoms with E-state index in [-0.39, 0.29) is 24.1 Å². The van der Waals surface area contributed by atoms with Crippen LogP contribution < -0.4 is 5.73 Å². The minimum atomic E-state index is -0.529. The summed E-state index contributed by atoms with van der Waals surface area (Å²) in [5, 5.41) is 14.8. The fourth-order valence-electron chi connectivity index (χ4n) is 2.66. The molecule has 1 aliphatic carbocycles. The summed E-state index contributed by atoms with van der Waals surface area (Å²) >= 11 is 0.